The van der Waals surface area contributed by atoms with Crippen LogP contribution in [0.25, 0.3) is 0 Å². The summed E-state index contributed by atoms with van der Waals surface area (Å²) >= 11 is 0. The van der Waals surface area contributed by atoms with Gasteiger partial charge in [-0.25, -0.2) is 4.79 Å². The van der Waals surface area contributed by atoms with Gasteiger partial charge < -0.3 is 4.90 Å². The summed E-state index contributed by atoms with van der Waals surface area (Å²) < 4.78 is 0. The predicted octanol–water partition coefficient (Wildman–Crippen LogP) is 2.51. The van der Waals surface area contributed by atoms with Crippen molar-refractivity contribution < 1.29 is 9.59 Å². The number of nitrogens with zero attached hydrogens (tertiary/aromatic N) is 1. The monoisotopic (exact) mass is 260 g/mol. The SMILES string of the molecule is CC1CC(C)CN(C(=O)NC(=O)c2ccccc2)C1. The third-order valence-corrected chi connectivity index (χ3v) is 3.41. The molecule has 0 spiro atoms. The molecule has 2 atom stereocenters. The number of likely N-dealkylation sites (tertiary alicyclic amines) is 1. The van der Waals surface area contributed by atoms with Crippen LogP contribution in [0.5, 0.6) is 0 Å². The molecule has 2 unspecified atom stereocenters. The normalized spacial score (nSPS) is 22.9. The molecule has 4 nitrogen and oxygen atoms in total. The van der Waals surface area contributed by atoms with E-state index in [1.54, 1.807) is 29.2 Å². The average Bonchev–Trinajstić information content (AvgIpc) is 2.38. The van der Waals surface area contributed by atoms with E-state index in [9.17, 15) is 9.59 Å². The van der Waals surface area contributed by atoms with Gasteiger partial charge in [-0.05, 0) is 30.4 Å². The van der Waals surface area contributed by atoms with Crippen LogP contribution in [0.1, 0.15) is 30.6 Å². The average molecular weight is 260 g/mol. The summed E-state index contributed by atoms with van der Waals surface area (Å²) in [6.45, 7) is 5.71. The molecule has 0 saturated carbocycles. The molecule has 4 heteroatoms. The van der Waals surface area contributed by atoms with Crippen molar-refractivity contribution in [2.75, 3.05) is 13.1 Å². The number of urea groups is 1. The Hall–Kier alpha value is -1.84. The molecular formula is C15H20N2O2. The molecule has 3 amide bonds. The van der Waals surface area contributed by atoms with Gasteiger partial charge in [0.1, 0.15) is 0 Å². The minimum atomic E-state index is -0.337. The van der Waals surface area contributed by atoms with Crippen molar-refractivity contribution >= 4 is 11.9 Å². The van der Waals surface area contributed by atoms with Crippen LogP contribution >= 0.6 is 0 Å². The molecule has 102 valence electrons. The zero-order valence-electron chi connectivity index (χ0n) is 11.4. The zero-order valence-corrected chi connectivity index (χ0v) is 11.4. The van der Waals surface area contributed by atoms with Gasteiger partial charge in [0.25, 0.3) is 5.91 Å². The molecule has 0 aliphatic carbocycles. The van der Waals surface area contributed by atoms with Crippen LogP contribution in [0.4, 0.5) is 4.79 Å². The summed E-state index contributed by atoms with van der Waals surface area (Å²) in [5.74, 6) is 0.638. The summed E-state index contributed by atoms with van der Waals surface area (Å²) in [6.07, 6.45) is 1.14. The fourth-order valence-corrected chi connectivity index (χ4v) is 2.67. The van der Waals surface area contributed by atoms with Crippen LogP contribution in [-0.2, 0) is 0 Å². The molecule has 0 radical (unpaired) electrons. The second kappa shape index (κ2) is 5.87. The lowest BCUT2D eigenvalue weighted by Crippen LogP contribution is -2.49. The molecule has 1 aliphatic heterocycles. The zero-order chi connectivity index (χ0) is 13.8. The van der Waals surface area contributed by atoms with E-state index in [2.05, 4.69) is 19.2 Å². The van der Waals surface area contributed by atoms with Gasteiger partial charge in [0.15, 0.2) is 0 Å². The Kier molecular flexibility index (Phi) is 4.20. The van der Waals surface area contributed by atoms with Crippen molar-refractivity contribution in [1.82, 2.24) is 10.2 Å². The van der Waals surface area contributed by atoms with Gasteiger partial charge in [0, 0.05) is 18.7 Å². The van der Waals surface area contributed by atoms with Crippen LogP contribution < -0.4 is 5.32 Å². The fraction of sp³-hybridized carbons (Fsp3) is 0.467. The molecule has 0 aromatic heterocycles. The van der Waals surface area contributed by atoms with Crippen molar-refractivity contribution in [3.63, 3.8) is 0 Å². The van der Waals surface area contributed by atoms with E-state index in [4.69, 9.17) is 0 Å². The lowest BCUT2D eigenvalue weighted by Gasteiger charge is -2.34. The van der Waals surface area contributed by atoms with Gasteiger partial charge in [0.2, 0.25) is 0 Å². The second-order valence-electron chi connectivity index (χ2n) is 5.48. The maximum atomic E-state index is 12.1. The Morgan fingerprint density at radius 1 is 1.11 bits per heavy atom. The third kappa shape index (κ3) is 3.56. The Bertz CT molecular complexity index is 448. The molecule has 1 heterocycles. The van der Waals surface area contributed by atoms with E-state index in [0.717, 1.165) is 19.5 Å². The molecule has 19 heavy (non-hydrogen) atoms. The number of hydrogen-bond acceptors (Lipinski definition) is 2. The second-order valence-corrected chi connectivity index (χ2v) is 5.48. The molecule has 0 bridgehead atoms. The van der Waals surface area contributed by atoms with Gasteiger partial charge in [-0.15, -0.1) is 0 Å². The summed E-state index contributed by atoms with van der Waals surface area (Å²) in [6, 6.07) is 8.52. The molecule has 2 rings (SSSR count). The number of benzene rings is 1. The predicted molar refractivity (Wildman–Crippen MR) is 73.8 cm³/mol. The Labute approximate surface area is 113 Å². The van der Waals surface area contributed by atoms with Crippen molar-refractivity contribution in [2.24, 2.45) is 11.8 Å². The number of amides is 3. The molecule has 1 aromatic carbocycles. The molecule has 1 fully saturated rings. The van der Waals surface area contributed by atoms with Gasteiger partial charge in [-0.3, -0.25) is 10.1 Å². The van der Waals surface area contributed by atoms with E-state index < -0.39 is 0 Å². The van der Waals surface area contributed by atoms with Gasteiger partial charge >= 0.3 is 6.03 Å². The van der Waals surface area contributed by atoms with E-state index in [1.807, 2.05) is 6.07 Å². The van der Waals surface area contributed by atoms with Gasteiger partial charge in [0.05, 0.1) is 0 Å². The summed E-state index contributed by atoms with van der Waals surface area (Å²) in [7, 11) is 0. The topological polar surface area (TPSA) is 49.4 Å². The number of rotatable bonds is 1. The van der Waals surface area contributed by atoms with Gasteiger partial charge in [-0.1, -0.05) is 32.0 Å². The number of carbonyl (C=O) groups is 2. The number of carbonyl (C=O) groups excluding carboxylic acids is 2. The summed E-state index contributed by atoms with van der Waals surface area (Å²) in [4.78, 5) is 25.7. The van der Waals surface area contributed by atoms with Crippen LogP contribution in [0.3, 0.4) is 0 Å². The van der Waals surface area contributed by atoms with Crippen LogP contribution in [0.2, 0.25) is 0 Å². The number of hydrogen-bond donors (Lipinski definition) is 1. The number of imide groups is 1. The lowest BCUT2D eigenvalue weighted by atomic mass is 9.92. The molecule has 1 aliphatic rings. The summed E-state index contributed by atoms with van der Waals surface area (Å²) in [5, 5.41) is 2.46. The molecular weight excluding hydrogens is 240 g/mol. The Morgan fingerprint density at radius 3 is 2.26 bits per heavy atom. The summed E-state index contributed by atoms with van der Waals surface area (Å²) in [5.41, 5.74) is 0.508. The highest BCUT2D eigenvalue weighted by Gasteiger charge is 2.26. The highest BCUT2D eigenvalue weighted by molar-refractivity contribution is 6.04. The van der Waals surface area contributed by atoms with E-state index in [0.29, 0.717) is 17.4 Å². The minimum Gasteiger partial charge on any atom is -0.324 e. The van der Waals surface area contributed by atoms with Crippen molar-refractivity contribution in [2.45, 2.75) is 20.3 Å². The van der Waals surface area contributed by atoms with E-state index in [-0.39, 0.29) is 11.9 Å². The Morgan fingerprint density at radius 2 is 1.68 bits per heavy atom. The third-order valence-electron chi connectivity index (χ3n) is 3.41. The first-order chi connectivity index (χ1) is 9.06. The first kappa shape index (κ1) is 13.6. The number of nitrogens with one attached hydrogen (secondary N) is 1. The first-order valence-corrected chi connectivity index (χ1v) is 6.71. The van der Waals surface area contributed by atoms with Gasteiger partial charge in [-0.2, -0.15) is 0 Å². The van der Waals surface area contributed by atoms with E-state index >= 15 is 0 Å². The lowest BCUT2D eigenvalue weighted by molar-refractivity contribution is 0.0933. The highest BCUT2D eigenvalue weighted by atomic mass is 16.2. The highest BCUT2D eigenvalue weighted by Crippen LogP contribution is 2.20. The smallest absolute Gasteiger partial charge is 0.324 e. The van der Waals surface area contributed by atoms with Crippen molar-refractivity contribution in [1.29, 1.82) is 0 Å². The fourth-order valence-electron chi connectivity index (χ4n) is 2.67. The Balaban J connectivity index is 1.96. The van der Waals surface area contributed by atoms with Crippen LogP contribution in [-0.4, -0.2) is 29.9 Å². The maximum absolute atomic E-state index is 12.1. The standard InChI is InChI=1S/C15H20N2O2/c1-11-8-12(2)10-17(9-11)15(19)16-14(18)13-6-4-3-5-7-13/h3-7,11-12H,8-10H2,1-2H3,(H,16,18,19). The largest absolute Gasteiger partial charge is 0.324 e. The molecule has 1 N–H and O–H groups in total. The molecule has 1 aromatic rings. The number of piperidine rings is 1. The van der Waals surface area contributed by atoms with Crippen LogP contribution in [0.15, 0.2) is 30.3 Å². The van der Waals surface area contributed by atoms with Crippen molar-refractivity contribution in [3.05, 3.63) is 35.9 Å². The van der Waals surface area contributed by atoms with Crippen LogP contribution in [0, 0.1) is 11.8 Å². The maximum Gasteiger partial charge on any atom is 0.324 e. The first-order valence-electron chi connectivity index (χ1n) is 6.71. The van der Waals surface area contributed by atoms with Crippen molar-refractivity contribution in [3.8, 4) is 0 Å². The quantitative estimate of drug-likeness (QED) is 0.843. The van der Waals surface area contributed by atoms with E-state index in [1.165, 1.54) is 0 Å². The molecule has 1 saturated heterocycles. The minimum absolute atomic E-state index is 0.285.